The van der Waals surface area contributed by atoms with Gasteiger partial charge in [0.15, 0.2) is 0 Å². The summed E-state index contributed by atoms with van der Waals surface area (Å²) in [5, 5.41) is 5.46. The second-order valence-corrected chi connectivity index (χ2v) is 8.76. The molecule has 168 valence electrons. The van der Waals surface area contributed by atoms with Crippen LogP contribution in [0.4, 0.5) is 0 Å². The van der Waals surface area contributed by atoms with Crippen molar-refractivity contribution in [2.75, 3.05) is 0 Å². The first kappa shape index (κ1) is 31.3. The van der Waals surface area contributed by atoms with Crippen molar-refractivity contribution in [2.45, 2.75) is 25.7 Å². The molecule has 0 heterocycles. The molecule has 4 aromatic carbocycles. The SMILES string of the molecule is [Cl-].[Cl-].[NH-]C(=O)C1CCCC1.[Ti+4].c1ccc([Si]c2ccccc2)cc1.c1ccc2[cH-]ccc2c1. The molecule has 0 atom stereocenters. The molecule has 1 amide bonds. The summed E-state index contributed by atoms with van der Waals surface area (Å²) in [6.07, 6.45) is 4.22. The third-order valence-electron chi connectivity index (χ3n) is 5.11. The zero-order chi connectivity index (χ0) is 21.0. The summed E-state index contributed by atoms with van der Waals surface area (Å²) in [4.78, 5) is 10.3. The van der Waals surface area contributed by atoms with Gasteiger partial charge in [-0.1, -0.05) is 89.9 Å². The normalized spacial score (nSPS) is 11.9. The number of halogens is 2. The van der Waals surface area contributed by atoms with Crippen LogP contribution < -0.4 is 35.2 Å². The molecule has 1 N–H and O–H groups in total. The van der Waals surface area contributed by atoms with Crippen molar-refractivity contribution in [3.8, 4) is 0 Å². The molecular formula is C27H27Cl2NOSiTi. The first-order valence-corrected chi connectivity index (χ1v) is 11.5. The Morgan fingerprint density at radius 1 is 0.758 bits per heavy atom. The summed E-state index contributed by atoms with van der Waals surface area (Å²) in [6.45, 7) is 0. The largest absolute Gasteiger partial charge is 4.00 e. The van der Waals surface area contributed by atoms with Crippen molar-refractivity contribution < 1.29 is 51.3 Å². The molecule has 1 aliphatic carbocycles. The summed E-state index contributed by atoms with van der Waals surface area (Å²) < 4.78 is 0. The van der Waals surface area contributed by atoms with Gasteiger partial charge in [0.05, 0.1) is 5.91 Å². The standard InChI is InChI=1S/C12H10Si.C9H7.C6H11NO.2ClH.Ti/c1-3-7-11(8-4-1)13-12-9-5-2-6-10-12;1-2-5-9-7-3-6-8(9)4-1;7-6(8)5-3-1-2-4-5;;;/h1-10H;1-7H;5H,1-4H2,(H2,7,8);2*1H;/q;-1;;;;+4/p-3. The third kappa shape index (κ3) is 11.3. The summed E-state index contributed by atoms with van der Waals surface area (Å²) >= 11 is 0. The van der Waals surface area contributed by atoms with Gasteiger partial charge in [-0.15, -0.1) is 29.7 Å². The molecule has 0 saturated heterocycles. The molecule has 4 aromatic rings. The molecule has 2 radical (unpaired) electrons. The molecule has 33 heavy (non-hydrogen) atoms. The maximum Gasteiger partial charge on any atom is 4.00 e. The number of hydrogen-bond donors (Lipinski definition) is 0. The summed E-state index contributed by atoms with van der Waals surface area (Å²) in [6, 6.07) is 35.8. The number of benzene rings is 3. The average molecular weight is 528 g/mol. The first-order valence-electron chi connectivity index (χ1n) is 10.5. The Morgan fingerprint density at radius 2 is 1.24 bits per heavy atom. The molecule has 6 heteroatoms. The van der Waals surface area contributed by atoms with Crippen molar-refractivity contribution in [3.05, 3.63) is 109 Å². The van der Waals surface area contributed by atoms with Gasteiger partial charge in [-0.05, 0) is 12.8 Å². The van der Waals surface area contributed by atoms with E-state index in [4.69, 9.17) is 5.73 Å². The van der Waals surface area contributed by atoms with Crippen molar-refractivity contribution in [2.24, 2.45) is 5.92 Å². The molecule has 2 nitrogen and oxygen atoms in total. The Labute approximate surface area is 227 Å². The maximum atomic E-state index is 10.3. The van der Waals surface area contributed by atoms with E-state index in [9.17, 15) is 4.79 Å². The number of carbonyl (C=O) groups is 1. The van der Waals surface area contributed by atoms with E-state index in [-0.39, 0.29) is 58.4 Å². The zero-order valence-corrected chi connectivity index (χ0v) is 22.5. The van der Waals surface area contributed by atoms with Crippen molar-refractivity contribution >= 4 is 36.6 Å². The van der Waals surface area contributed by atoms with Crippen LogP contribution in [-0.2, 0) is 26.5 Å². The second-order valence-electron chi connectivity index (χ2n) is 7.36. The molecule has 1 fully saturated rings. The fourth-order valence-corrected chi connectivity index (χ4v) is 4.52. The van der Waals surface area contributed by atoms with Gasteiger partial charge in [-0.3, -0.25) is 0 Å². The molecule has 0 aromatic heterocycles. The van der Waals surface area contributed by atoms with Crippen LogP contribution in [0.5, 0.6) is 0 Å². The summed E-state index contributed by atoms with van der Waals surface area (Å²) in [7, 11) is 0.777. The van der Waals surface area contributed by atoms with Crippen LogP contribution in [0.15, 0.2) is 103 Å². The van der Waals surface area contributed by atoms with Crippen LogP contribution in [-0.4, -0.2) is 15.4 Å². The van der Waals surface area contributed by atoms with Crippen LogP contribution in [0.2, 0.25) is 0 Å². The molecule has 1 aliphatic rings. The van der Waals surface area contributed by atoms with E-state index in [1.807, 2.05) is 0 Å². The maximum absolute atomic E-state index is 10.3. The number of rotatable bonds is 3. The van der Waals surface area contributed by atoms with Crippen LogP contribution in [0, 0.1) is 5.92 Å². The van der Waals surface area contributed by atoms with Crippen LogP contribution >= 0.6 is 0 Å². The van der Waals surface area contributed by atoms with E-state index in [2.05, 4.69) is 103 Å². The Morgan fingerprint density at radius 3 is 1.70 bits per heavy atom. The smallest absolute Gasteiger partial charge is 1.00 e. The molecular weight excluding hydrogens is 501 g/mol. The van der Waals surface area contributed by atoms with Gasteiger partial charge < -0.3 is 35.3 Å². The topological polar surface area (TPSA) is 40.9 Å². The van der Waals surface area contributed by atoms with Gasteiger partial charge in [-0.25, -0.2) is 0 Å². The minimum atomic E-state index is -0.359. The van der Waals surface area contributed by atoms with E-state index in [0.29, 0.717) is 0 Å². The van der Waals surface area contributed by atoms with Gasteiger partial charge in [-0.2, -0.15) is 17.5 Å². The molecule has 0 unspecified atom stereocenters. The molecule has 0 aliphatic heterocycles. The first-order chi connectivity index (χ1) is 14.7. The van der Waals surface area contributed by atoms with Gasteiger partial charge in [0, 0.05) is 5.92 Å². The monoisotopic (exact) mass is 527 g/mol. The number of carbonyl (C=O) groups excluding carboxylic acids is 1. The van der Waals surface area contributed by atoms with Crippen LogP contribution in [0.3, 0.4) is 0 Å². The summed E-state index contributed by atoms with van der Waals surface area (Å²) in [5.74, 6) is -0.266. The van der Waals surface area contributed by atoms with E-state index >= 15 is 0 Å². The minimum Gasteiger partial charge on any atom is -1.00 e. The van der Waals surface area contributed by atoms with E-state index in [0.717, 1.165) is 35.2 Å². The van der Waals surface area contributed by atoms with Gasteiger partial charge in [0.25, 0.3) is 0 Å². The van der Waals surface area contributed by atoms with Crippen molar-refractivity contribution in [3.63, 3.8) is 0 Å². The average Bonchev–Trinajstić information content (AvgIpc) is 3.48. The van der Waals surface area contributed by atoms with Gasteiger partial charge in [0.2, 0.25) is 0 Å². The van der Waals surface area contributed by atoms with E-state index in [1.54, 1.807) is 0 Å². The Bertz CT molecular complexity index is 954. The third-order valence-corrected chi connectivity index (χ3v) is 6.35. The second kappa shape index (κ2) is 17.7. The number of hydrogen-bond acceptors (Lipinski definition) is 1. The Balaban J connectivity index is 0.000000460. The fraction of sp³-hybridized carbons (Fsp3) is 0.185. The molecule has 1 saturated carbocycles. The number of amides is 1. The predicted molar refractivity (Wildman–Crippen MR) is 129 cm³/mol. The molecule has 0 spiro atoms. The van der Waals surface area contributed by atoms with Crippen molar-refractivity contribution in [1.29, 1.82) is 0 Å². The zero-order valence-electron chi connectivity index (χ0n) is 18.4. The van der Waals surface area contributed by atoms with Crippen LogP contribution in [0.1, 0.15) is 25.7 Å². The number of nitrogens with one attached hydrogen (secondary N) is 1. The summed E-state index contributed by atoms with van der Waals surface area (Å²) in [5.41, 5.74) is 6.74. The van der Waals surface area contributed by atoms with Crippen LogP contribution in [0.25, 0.3) is 16.5 Å². The quantitative estimate of drug-likeness (QED) is 0.265. The van der Waals surface area contributed by atoms with Gasteiger partial charge >= 0.3 is 21.7 Å². The molecule has 5 rings (SSSR count). The fourth-order valence-electron chi connectivity index (χ4n) is 3.47. The van der Waals surface area contributed by atoms with E-state index < -0.39 is 0 Å². The Hall–Kier alpha value is -1.75. The van der Waals surface area contributed by atoms with Gasteiger partial charge in [0.1, 0.15) is 9.52 Å². The predicted octanol–water partition coefficient (Wildman–Crippen LogP) is -0.339. The Kier molecular flexibility index (Phi) is 16.8. The van der Waals surface area contributed by atoms with Crippen molar-refractivity contribution in [1.82, 2.24) is 0 Å². The number of fused-ring (bicyclic) bond motifs is 1. The molecule has 0 bridgehead atoms. The minimum absolute atomic E-state index is 0. The van der Waals surface area contributed by atoms with E-state index in [1.165, 1.54) is 21.1 Å².